The Morgan fingerprint density at radius 2 is 1.91 bits per heavy atom. The van der Waals surface area contributed by atoms with Crippen molar-refractivity contribution >= 4 is 29.3 Å². The van der Waals surface area contributed by atoms with E-state index in [4.69, 9.17) is 15.5 Å². The molecule has 1 aromatic heterocycles. The first-order chi connectivity index (χ1) is 20.6. The number of hydrogen-bond acceptors (Lipinski definition) is 8. The van der Waals surface area contributed by atoms with Crippen LogP contribution in [0.5, 0.6) is 5.75 Å². The smallest absolute Gasteiger partial charge is 0.261 e. The first-order valence-electron chi connectivity index (χ1n) is 15.0. The molecule has 3 aromatic rings. The molecule has 0 saturated carbocycles. The van der Waals surface area contributed by atoms with E-state index in [1.54, 1.807) is 18.0 Å². The second-order valence-electron chi connectivity index (χ2n) is 13.4. The zero-order valence-electron chi connectivity index (χ0n) is 25.4. The number of anilines is 2. The number of rotatable bonds is 7. The van der Waals surface area contributed by atoms with Crippen LogP contribution < -0.4 is 21.1 Å². The Bertz CT molecular complexity index is 1620. The van der Waals surface area contributed by atoms with Crippen LogP contribution in [0.2, 0.25) is 0 Å². The SMILES string of the molecule is COc1ccc2c(c1)C(C)(C)CC1=C2NC(n2cc(C(=O)Nc3ccc(CCN4CC5(CN(C)C5)C4)cc3)c(N)n2)N=C1. The predicted octanol–water partition coefficient (Wildman–Crippen LogP) is 3.74. The Balaban J connectivity index is 0.986. The van der Waals surface area contributed by atoms with Crippen molar-refractivity contribution in [3.63, 3.8) is 0 Å². The van der Waals surface area contributed by atoms with Gasteiger partial charge in [0.05, 0.1) is 7.11 Å². The molecule has 2 aromatic carbocycles. The van der Waals surface area contributed by atoms with Gasteiger partial charge < -0.3 is 30.9 Å². The minimum atomic E-state index is -0.524. The van der Waals surface area contributed by atoms with Crippen molar-refractivity contribution in [2.75, 3.05) is 57.9 Å². The molecule has 4 N–H and O–H groups in total. The van der Waals surface area contributed by atoms with Crippen molar-refractivity contribution in [2.45, 2.75) is 38.4 Å². The molecule has 10 heteroatoms. The topological polar surface area (TPSA) is 113 Å². The van der Waals surface area contributed by atoms with E-state index in [2.05, 4.69) is 70.7 Å². The zero-order chi connectivity index (χ0) is 29.9. The zero-order valence-corrected chi connectivity index (χ0v) is 25.4. The van der Waals surface area contributed by atoms with Crippen LogP contribution in [0.25, 0.3) is 5.70 Å². The number of nitrogens with zero attached hydrogens (tertiary/aromatic N) is 5. The highest BCUT2D eigenvalue weighted by atomic mass is 16.5. The number of aliphatic imine (C=N–C) groups is 1. The van der Waals surface area contributed by atoms with Crippen molar-refractivity contribution in [3.05, 3.63) is 76.5 Å². The van der Waals surface area contributed by atoms with Crippen molar-refractivity contribution < 1.29 is 9.53 Å². The van der Waals surface area contributed by atoms with Gasteiger partial charge in [-0.05, 0) is 72.3 Å². The number of allylic oxidation sites excluding steroid dienone is 1. The maximum atomic E-state index is 13.2. The molecule has 0 radical (unpaired) electrons. The molecule has 2 fully saturated rings. The lowest BCUT2D eigenvalue weighted by Gasteiger charge is -2.59. The first kappa shape index (κ1) is 27.7. The molecule has 4 aliphatic rings. The van der Waals surface area contributed by atoms with Crippen LogP contribution in [0.15, 0.2) is 59.2 Å². The lowest BCUT2D eigenvalue weighted by atomic mass is 9.71. The average molecular weight is 581 g/mol. The molecule has 224 valence electrons. The number of nitrogens with two attached hydrogens (primary N) is 1. The van der Waals surface area contributed by atoms with Crippen LogP contribution in [-0.4, -0.2) is 78.6 Å². The Labute approximate surface area is 252 Å². The van der Waals surface area contributed by atoms with E-state index in [1.165, 1.54) is 37.3 Å². The van der Waals surface area contributed by atoms with Crippen molar-refractivity contribution in [1.29, 1.82) is 0 Å². The number of likely N-dealkylation sites (tertiary alicyclic amines) is 2. The lowest BCUT2D eigenvalue weighted by Crippen LogP contribution is -2.71. The quantitative estimate of drug-likeness (QED) is 0.390. The van der Waals surface area contributed by atoms with E-state index in [9.17, 15) is 4.79 Å². The summed E-state index contributed by atoms with van der Waals surface area (Å²) in [7, 11) is 3.88. The highest BCUT2D eigenvalue weighted by molar-refractivity contribution is 6.07. The number of nitrogen functional groups attached to an aromatic ring is 1. The molecule has 1 unspecified atom stereocenters. The summed E-state index contributed by atoms with van der Waals surface area (Å²) in [6.07, 6.45) is 4.89. The molecule has 1 atom stereocenters. The van der Waals surface area contributed by atoms with Gasteiger partial charge >= 0.3 is 0 Å². The van der Waals surface area contributed by atoms with Gasteiger partial charge in [-0.3, -0.25) is 4.79 Å². The molecule has 0 bridgehead atoms. The number of nitrogens with one attached hydrogen (secondary N) is 2. The van der Waals surface area contributed by atoms with E-state index < -0.39 is 6.29 Å². The monoisotopic (exact) mass is 580 g/mol. The number of aromatic nitrogens is 2. The third-order valence-corrected chi connectivity index (χ3v) is 9.34. The Kier molecular flexibility index (Phi) is 6.59. The second-order valence-corrected chi connectivity index (χ2v) is 13.4. The van der Waals surface area contributed by atoms with Crippen LogP contribution in [0.1, 0.15) is 53.6 Å². The molecule has 7 rings (SSSR count). The third kappa shape index (κ3) is 5.08. The number of carbonyl (C=O) groups excluding carboxylic acids is 1. The lowest BCUT2D eigenvalue weighted by molar-refractivity contribution is -0.103. The third-order valence-electron chi connectivity index (χ3n) is 9.34. The molecular formula is C33H40N8O2. The number of benzene rings is 2. The van der Waals surface area contributed by atoms with E-state index >= 15 is 0 Å². The standard InChI is InChI=1S/C33H40N8O2/c1-32(2)14-22-15-35-31(37-28(22)25-10-9-24(43-4)13-27(25)32)41-16-26(29(34)38-41)30(42)36-23-7-5-21(6-8-23)11-12-40-19-33(20-40)17-39(3)18-33/h5-10,13,15-16,31,37H,11-12,14,17-20H2,1-4H3,(H2,34,38)(H,36,42). The van der Waals surface area contributed by atoms with Crippen molar-refractivity contribution in [1.82, 2.24) is 24.9 Å². The maximum absolute atomic E-state index is 13.2. The minimum Gasteiger partial charge on any atom is -0.497 e. The summed E-state index contributed by atoms with van der Waals surface area (Å²) in [5, 5.41) is 10.9. The summed E-state index contributed by atoms with van der Waals surface area (Å²) in [4.78, 5) is 22.8. The summed E-state index contributed by atoms with van der Waals surface area (Å²) in [5.74, 6) is 0.693. The number of fused-ring (bicyclic) bond motifs is 2. The predicted molar refractivity (Wildman–Crippen MR) is 169 cm³/mol. The summed E-state index contributed by atoms with van der Waals surface area (Å²) in [5.41, 5.74) is 13.5. The van der Waals surface area contributed by atoms with Gasteiger partial charge in [0, 0.05) is 67.5 Å². The van der Waals surface area contributed by atoms with E-state index in [1.807, 2.05) is 24.4 Å². The van der Waals surface area contributed by atoms with E-state index in [0.29, 0.717) is 11.0 Å². The van der Waals surface area contributed by atoms with Crippen LogP contribution in [0, 0.1) is 5.41 Å². The number of ether oxygens (including phenoxy) is 1. The summed E-state index contributed by atoms with van der Waals surface area (Å²) >= 11 is 0. The van der Waals surface area contributed by atoms with E-state index in [-0.39, 0.29) is 17.1 Å². The van der Waals surface area contributed by atoms with Crippen LogP contribution in [-0.2, 0) is 11.8 Å². The van der Waals surface area contributed by atoms with Gasteiger partial charge in [0.1, 0.15) is 11.3 Å². The fourth-order valence-corrected chi connectivity index (χ4v) is 7.31. The number of methoxy groups -OCH3 is 1. The Hall–Kier alpha value is -4.15. The molecule has 10 nitrogen and oxygen atoms in total. The summed E-state index contributed by atoms with van der Waals surface area (Å²) < 4.78 is 7.10. The molecule has 1 amide bonds. The molecule has 4 heterocycles. The van der Waals surface area contributed by atoms with Crippen molar-refractivity contribution in [3.8, 4) is 5.75 Å². The van der Waals surface area contributed by atoms with Gasteiger partial charge in [-0.1, -0.05) is 26.0 Å². The number of amides is 1. The first-order valence-corrected chi connectivity index (χ1v) is 15.0. The number of carbonyl (C=O) groups is 1. The highest BCUT2D eigenvalue weighted by Crippen LogP contribution is 2.44. The molecule has 2 saturated heterocycles. The van der Waals surface area contributed by atoms with Crippen LogP contribution in [0.3, 0.4) is 0 Å². The van der Waals surface area contributed by atoms with Crippen LogP contribution >= 0.6 is 0 Å². The normalized spacial score (nSPS) is 21.8. The van der Waals surface area contributed by atoms with Crippen LogP contribution in [0.4, 0.5) is 11.5 Å². The van der Waals surface area contributed by atoms with E-state index in [0.717, 1.165) is 47.7 Å². The summed E-state index contributed by atoms with van der Waals surface area (Å²) in [6, 6.07) is 14.2. The van der Waals surface area contributed by atoms with Gasteiger partial charge in [0.25, 0.3) is 5.91 Å². The van der Waals surface area contributed by atoms with Gasteiger partial charge in [-0.2, -0.15) is 5.10 Å². The fraction of sp³-hybridized carbons (Fsp3) is 0.424. The molecule has 1 aliphatic carbocycles. The van der Waals surface area contributed by atoms with Crippen molar-refractivity contribution in [2.24, 2.45) is 10.4 Å². The largest absolute Gasteiger partial charge is 0.497 e. The highest BCUT2D eigenvalue weighted by Gasteiger charge is 2.49. The fourth-order valence-electron chi connectivity index (χ4n) is 7.31. The number of hydrogen-bond donors (Lipinski definition) is 3. The van der Waals surface area contributed by atoms with Gasteiger partial charge in [0.2, 0.25) is 6.29 Å². The molecule has 3 aliphatic heterocycles. The molecular weight excluding hydrogens is 540 g/mol. The van der Waals surface area contributed by atoms with Gasteiger partial charge in [-0.15, -0.1) is 0 Å². The van der Waals surface area contributed by atoms with Gasteiger partial charge in [-0.25, -0.2) is 9.67 Å². The minimum absolute atomic E-state index is 0.0617. The second kappa shape index (κ2) is 10.2. The van der Waals surface area contributed by atoms with Gasteiger partial charge in [0.15, 0.2) is 5.82 Å². The average Bonchev–Trinajstić information content (AvgIpc) is 3.35. The summed E-state index contributed by atoms with van der Waals surface area (Å²) in [6.45, 7) is 10.4. The molecule has 43 heavy (non-hydrogen) atoms. The Morgan fingerprint density at radius 1 is 1.14 bits per heavy atom. The molecule has 1 spiro atoms. The Morgan fingerprint density at radius 3 is 2.63 bits per heavy atom. The maximum Gasteiger partial charge on any atom is 0.261 e.